The molecule has 2 aromatic carbocycles. The average molecular weight is 533 g/mol. The van der Waals surface area contributed by atoms with E-state index in [1.165, 1.54) is 0 Å². The smallest absolute Gasteiger partial charge is 0.410 e. The number of hydrogen-bond donors (Lipinski definition) is 1. The van der Waals surface area contributed by atoms with Crippen LogP contribution in [0.3, 0.4) is 0 Å². The number of aliphatic hydroxyl groups is 1. The molecule has 1 saturated carbocycles. The van der Waals surface area contributed by atoms with Crippen LogP contribution in [0.25, 0.3) is 0 Å². The molecule has 0 bridgehead atoms. The van der Waals surface area contributed by atoms with Crippen LogP contribution in [-0.2, 0) is 18.3 Å². The fourth-order valence-corrected chi connectivity index (χ4v) is 6.40. The van der Waals surface area contributed by atoms with E-state index in [0.29, 0.717) is 38.1 Å². The van der Waals surface area contributed by atoms with Crippen LogP contribution >= 0.6 is 0 Å². The van der Waals surface area contributed by atoms with Crippen molar-refractivity contribution in [3.63, 3.8) is 0 Å². The van der Waals surface area contributed by atoms with E-state index < -0.39 is 23.3 Å². The van der Waals surface area contributed by atoms with Crippen LogP contribution in [-0.4, -0.2) is 66.5 Å². The van der Waals surface area contributed by atoms with E-state index in [0.717, 1.165) is 29.7 Å². The molecule has 208 valence electrons. The zero-order valence-electron chi connectivity index (χ0n) is 22.6. The number of amides is 1. The third kappa shape index (κ3) is 5.86. The number of halogens is 3. The van der Waals surface area contributed by atoms with Crippen LogP contribution in [0.2, 0.25) is 0 Å². The molecule has 8 heteroatoms. The van der Waals surface area contributed by atoms with Crippen LogP contribution < -0.4 is 4.74 Å². The molecule has 38 heavy (non-hydrogen) atoms. The van der Waals surface area contributed by atoms with Crippen molar-refractivity contribution in [1.29, 1.82) is 0 Å². The molecule has 2 aromatic rings. The fourth-order valence-electron chi connectivity index (χ4n) is 6.40. The van der Waals surface area contributed by atoms with Crippen molar-refractivity contribution in [1.82, 2.24) is 9.80 Å². The number of ether oxygens (including phenoxy) is 1. The Morgan fingerprint density at radius 3 is 2.50 bits per heavy atom. The lowest BCUT2D eigenvalue weighted by atomic mass is 9.52. The minimum Gasteiger partial charge on any atom is -0.410 e. The maximum Gasteiger partial charge on any atom is 0.417 e. The molecular formula is C30H39F3N2O3. The Morgan fingerprint density at radius 2 is 1.84 bits per heavy atom. The number of carbonyl (C=O) groups excluding carboxylic acids is 1. The van der Waals surface area contributed by atoms with E-state index in [2.05, 4.69) is 4.90 Å². The zero-order chi connectivity index (χ0) is 27.6. The van der Waals surface area contributed by atoms with E-state index in [-0.39, 0.29) is 25.2 Å². The van der Waals surface area contributed by atoms with E-state index in [1.807, 2.05) is 63.5 Å². The summed E-state index contributed by atoms with van der Waals surface area (Å²) in [5, 5.41) is 10.6. The van der Waals surface area contributed by atoms with Crippen molar-refractivity contribution in [2.24, 2.45) is 5.92 Å². The lowest BCUT2D eigenvalue weighted by Crippen LogP contribution is -2.56. The number of carbonyl (C=O) groups is 1. The molecule has 1 unspecified atom stereocenters. The highest BCUT2D eigenvalue weighted by molar-refractivity contribution is 5.70. The molecule has 0 radical (unpaired) electrons. The van der Waals surface area contributed by atoms with Gasteiger partial charge in [-0.1, -0.05) is 36.4 Å². The fraction of sp³-hybridized carbons (Fsp3) is 0.567. The van der Waals surface area contributed by atoms with Gasteiger partial charge in [-0.2, -0.15) is 13.2 Å². The molecule has 5 nitrogen and oxygen atoms in total. The third-order valence-corrected chi connectivity index (χ3v) is 8.49. The van der Waals surface area contributed by atoms with Gasteiger partial charge in [-0.05, 0) is 107 Å². The summed E-state index contributed by atoms with van der Waals surface area (Å²) in [7, 11) is 3.99. The second-order valence-corrected chi connectivity index (χ2v) is 11.2. The molecule has 1 fully saturated rings. The van der Waals surface area contributed by atoms with Crippen LogP contribution in [0.15, 0.2) is 48.5 Å². The van der Waals surface area contributed by atoms with Crippen molar-refractivity contribution < 1.29 is 27.8 Å². The summed E-state index contributed by atoms with van der Waals surface area (Å²) < 4.78 is 47.2. The number of benzene rings is 2. The number of nitrogens with zero attached hydrogens (tertiary/aromatic N) is 2. The Labute approximate surface area is 223 Å². The second kappa shape index (κ2) is 11.3. The minimum atomic E-state index is -4.65. The van der Waals surface area contributed by atoms with E-state index in [1.54, 1.807) is 11.0 Å². The van der Waals surface area contributed by atoms with Crippen LogP contribution in [0.4, 0.5) is 18.0 Å². The maximum absolute atomic E-state index is 13.8. The summed E-state index contributed by atoms with van der Waals surface area (Å²) in [4.78, 5) is 16.6. The molecule has 0 saturated heterocycles. The van der Waals surface area contributed by atoms with Crippen LogP contribution in [0.1, 0.15) is 55.7 Å². The average Bonchev–Trinajstić information content (AvgIpc) is 2.86. The number of aryl methyl sites for hydroxylation is 1. The predicted molar refractivity (Wildman–Crippen MR) is 141 cm³/mol. The van der Waals surface area contributed by atoms with Gasteiger partial charge in [-0.25, -0.2) is 4.79 Å². The molecule has 2 aliphatic carbocycles. The molecule has 0 aliphatic heterocycles. The molecule has 0 aromatic heterocycles. The summed E-state index contributed by atoms with van der Waals surface area (Å²) in [6, 6.07) is 15.4. The standard InChI is InChI=1S/C30H39F3N2O3/c1-4-35(18-8-17-34(2)3)27(36)38-25-13-14-26-23(19-25)11-12-24-21-29(37,30(31,32)33)16-15-28(24,26)20-22-9-6-5-7-10-22/h5-7,9-10,13-14,19,24,37H,4,8,11-12,15-18,20-21H2,1-3H3/t24?,28-,29+/m0/s1. The van der Waals surface area contributed by atoms with Crippen molar-refractivity contribution in [2.45, 2.75) is 69.1 Å². The van der Waals surface area contributed by atoms with Gasteiger partial charge in [-0.3, -0.25) is 0 Å². The topological polar surface area (TPSA) is 53.0 Å². The first kappa shape index (κ1) is 28.4. The number of rotatable bonds is 8. The van der Waals surface area contributed by atoms with Gasteiger partial charge in [0.2, 0.25) is 0 Å². The van der Waals surface area contributed by atoms with Crippen molar-refractivity contribution in [3.05, 3.63) is 65.2 Å². The Hall–Kier alpha value is -2.58. The SMILES string of the molecule is CCN(CCCN(C)C)C(=O)Oc1ccc2c(c1)CCC1C[C@@](O)(C(F)(F)F)CC[C@@]21Cc1ccccc1. The van der Waals surface area contributed by atoms with Gasteiger partial charge in [0.15, 0.2) is 5.60 Å². The number of alkyl halides is 3. The van der Waals surface area contributed by atoms with Crippen LogP contribution in [0.5, 0.6) is 5.75 Å². The van der Waals surface area contributed by atoms with Crippen molar-refractivity contribution in [2.75, 3.05) is 33.7 Å². The van der Waals surface area contributed by atoms with Gasteiger partial charge in [0, 0.05) is 18.5 Å². The Balaban J connectivity index is 1.60. The van der Waals surface area contributed by atoms with Gasteiger partial charge in [0.1, 0.15) is 5.75 Å². The lowest BCUT2D eigenvalue weighted by molar-refractivity contribution is -0.279. The van der Waals surface area contributed by atoms with E-state index in [4.69, 9.17) is 4.74 Å². The highest BCUT2D eigenvalue weighted by atomic mass is 19.4. The quantitative estimate of drug-likeness (QED) is 0.455. The maximum atomic E-state index is 13.8. The van der Waals surface area contributed by atoms with E-state index >= 15 is 0 Å². The first-order chi connectivity index (χ1) is 18.0. The number of hydrogen-bond acceptors (Lipinski definition) is 4. The molecule has 0 spiro atoms. The highest BCUT2D eigenvalue weighted by Crippen LogP contribution is 2.57. The number of fused-ring (bicyclic) bond motifs is 3. The summed E-state index contributed by atoms with van der Waals surface area (Å²) in [5.74, 6) is 0.145. The largest absolute Gasteiger partial charge is 0.417 e. The Bertz CT molecular complexity index is 1110. The first-order valence-corrected chi connectivity index (χ1v) is 13.6. The zero-order valence-corrected chi connectivity index (χ0v) is 22.6. The predicted octanol–water partition coefficient (Wildman–Crippen LogP) is 5.98. The summed E-state index contributed by atoms with van der Waals surface area (Å²) in [5.41, 5.74) is -0.0809. The Morgan fingerprint density at radius 1 is 1.11 bits per heavy atom. The highest BCUT2D eigenvalue weighted by Gasteiger charge is 2.61. The summed E-state index contributed by atoms with van der Waals surface area (Å²) >= 11 is 0. The van der Waals surface area contributed by atoms with Gasteiger partial charge in [0.25, 0.3) is 0 Å². The second-order valence-electron chi connectivity index (χ2n) is 11.2. The molecule has 0 heterocycles. The normalized spacial score (nSPS) is 25.0. The monoisotopic (exact) mass is 532 g/mol. The molecule has 4 rings (SSSR count). The molecule has 1 amide bonds. The summed E-state index contributed by atoms with van der Waals surface area (Å²) in [6.07, 6.45) is -2.86. The van der Waals surface area contributed by atoms with Crippen molar-refractivity contribution >= 4 is 6.09 Å². The van der Waals surface area contributed by atoms with Gasteiger partial charge < -0.3 is 19.6 Å². The molecule has 3 atom stereocenters. The summed E-state index contributed by atoms with van der Waals surface area (Å²) in [6.45, 7) is 3.93. The van der Waals surface area contributed by atoms with Gasteiger partial charge >= 0.3 is 12.3 Å². The molecule has 2 aliphatic rings. The lowest BCUT2D eigenvalue weighted by Gasteiger charge is -2.53. The molecular weight excluding hydrogens is 493 g/mol. The first-order valence-electron chi connectivity index (χ1n) is 13.6. The molecule has 1 N–H and O–H groups in total. The van der Waals surface area contributed by atoms with Crippen LogP contribution in [0, 0.1) is 5.92 Å². The van der Waals surface area contributed by atoms with Crippen molar-refractivity contribution in [3.8, 4) is 5.75 Å². The Kier molecular flexibility index (Phi) is 8.43. The third-order valence-electron chi connectivity index (χ3n) is 8.49. The van der Waals surface area contributed by atoms with E-state index in [9.17, 15) is 23.1 Å². The minimum absolute atomic E-state index is 0.240. The van der Waals surface area contributed by atoms with Gasteiger partial charge in [0.05, 0.1) is 0 Å². The van der Waals surface area contributed by atoms with Gasteiger partial charge in [-0.15, -0.1) is 0 Å².